The molecule has 1 fully saturated rings. The highest BCUT2D eigenvalue weighted by molar-refractivity contribution is 5.89. The van der Waals surface area contributed by atoms with Gasteiger partial charge in [-0.05, 0) is 19.1 Å². The van der Waals surface area contributed by atoms with Crippen molar-refractivity contribution in [1.29, 1.82) is 0 Å². The average molecular weight is 220 g/mol. The first kappa shape index (κ1) is 11.1. The molecule has 0 unspecified atom stereocenters. The summed E-state index contributed by atoms with van der Waals surface area (Å²) in [5, 5.41) is 5.01. The number of piperazine rings is 1. The van der Waals surface area contributed by atoms with Gasteiger partial charge in [-0.25, -0.2) is 4.79 Å². The van der Waals surface area contributed by atoms with E-state index in [4.69, 9.17) is 4.84 Å². The van der Waals surface area contributed by atoms with Crippen LogP contribution >= 0.6 is 0 Å². The van der Waals surface area contributed by atoms with E-state index in [0.717, 1.165) is 19.6 Å². The van der Waals surface area contributed by atoms with Gasteiger partial charge in [-0.2, -0.15) is 0 Å². The van der Waals surface area contributed by atoms with Gasteiger partial charge in [0.25, 0.3) is 0 Å². The van der Waals surface area contributed by atoms with E-state index in [-0.39, 0.29) is 5.97 Å². The summed E-state index contributed by atoms with van der Waals surface area (Å²) in [7, 11) is 0. The lowest BCUT2D eigenvalue weighted by atomic mass is 10.2. The third-order valence-electron chi connectivity index (χ3n) is 2.55. The maximum absolute atomic E-state index is 11.7. The summed E-state index contributed by atoms with van der Waals surface area (Å²) in [6.45, 7) is 4.40. The highest BCUT2D eigenvalue weighted by Crippen LogP contribution is 2.05. The van der Waals surface area contributed by atoms with Gasteiger partial charge in [-0.1, -0.05) is 18.2 Å². The molecule has 16 heavy (non-hydrogen) atoms. The molecule has 1 aromatic rings. The van der Waals surface area contributed by atoms with Gasteiger partial charge in [0.05, 0.1) is 12.1 Å². The third-order valence-corrected chi connectivity index (χ3v) is 2.55. The fourth-order valence-corrected chi connectivity index (χ4v) is 1.72. The number of rotatable bonds is 2. The monoisotopic (exact) mass is 220 g/mol. The Morgan fingerprint density at radius 2 is 2.19 bits per heavy atom. The Morgan fingerprint density at radius 1 is 1.44 bits per heavy atom. The smallest absolute Gasteiger partial charge is 0.357 e. The van der Waals surface area contributed by atoms with Gasteiger partial charge in [-0.15, -0.1) is 5.06 Å². The first-order chi connectivity index (χ1) is 7.75. The SMILES string of the molecule is C[C@H]1CN(OC(=O)c2ccccc2)CCN1. The lowest BCUT2D eigenvalue weighted by Gasteiger charge is -2.30. The van der Waals surface area contributed by atoms with Crippen LogP contribution in [-0.2, 0) is 4.84 Å². The Balaban J connectivity index is 1.92. The molecule has 0 amide bonds. The molecule has 1 atom stereocenters. The van der Waals surface area contributed by atoms with E-state index in [2.05, 4.69) is 12.2 Å². The molecule has 1 N–H and O–H groups in total. The van der Waals surface area contributed by atoms with Crippen LogP contribution in [0.1, 0.15) is 17.3 Å². The van der Waals surface area contributed by atoms with Gasteiger partial charge in [-0.3, -0.25) is 0 Å². The van der Waals surface area contributed by atoms with E-state index in [0.29, 0.717) is 11.6 Å². The van der Waals surface area contributed by atoms with E-state index >= 15 is 0 Å². The fraction of sp³-hybridized carbons (Fsp3) is 0.417. The molecule has 4 nitrogen and oxygen atoms in total. The number of hydroxylamine groups is 2. The maximum atomic E-state index is 11.7. The number of carbonyl (C=O) groups excluding carboxylic acids is 1. The van der Waals surface area contributed by atoms with Crippen molar-refractivity contribution in [3.63, 3.8) is 0 Å². The molecular weight excluding hydrogens is 204 g/mol. The van der Waals surface area contributed by atoms with Crippen LogP contribution in [0.4, 0.5) is 0 Å². The van der Waals surface area contributed by atoms with Gasteiger partial charge in [0.2, 0.25) is 0 Å². The zero-order valence-corrected chi connectivity index (χ0v) is 9.35. The Morgan fingerprint density at radius 3 is 2.88 bits per heavy atom. The van der Waals surface area contributed by atoms with Crippen molar-refractivity contribution in [3.05, 3.63) is 35.9 Å². The molecule has 1 aliphatic heterocycles. The summed E-state index contributed by atoms with van der Waals surface area (Å²) in [4.78, 5) is 17.0. The molecule has 0 radical (unpaired) electrons. The van der Waals surface area contributed by atoms with Crippen LogP contribution in [0.2, 0.25) is 0 Å². The first-order valence-corrected chi connectivity index (χ1v) is 5.51. The quantitative estimate of drug-likeness (QED) is 0.809. The number of nitrogens with zero attached hydrogens (tertiary/aromatic N) is 1. The highest BCUT2D eigenvalue weighted by atomic mass is 16.7. The minimum atomic E-state index is -0.283. The van der Waals surface area contributed by atoms with Gasteiger partial charge in [0.15, 0.2) is 0 Å². The maximum Gasteiger partial charge on any atom is 0.357 e. The van der Waals surface area contributed by atoms with Crippen LogP contribution in [0, 0.1) is 0 Å². The van der Waals surface area contributed by atoms with Gasteiger partial charge >= 0.3 is 5.97 Å². The summed E-state index contributed by atoms with van der Waals surface area (Å²) in [5.41, 5.74) is 0.591. The predicted molar refractivity (Wildman–Crippen MR) is 60.9 cm³/mol. The number of hydrogen-bond donors (Lipinski definition) is 1. The average Bonchev–Trinajstić information content (AvgIpc) is 2.30. The molecule has 1 aliphatic rings. The Labute approximate surface area is 95.2 Å². The second-order valence-electron chi connectivity index (χ2n) is 3.99. The van der Waals surface area contributed by atoms with Crippen LogP contribution in [-0.4, -0.2) is 36.7 Å². The zero-order chi connectivity index (χ0) is 11.4. The molecular formula is C12H16N2O2. The van der Waals surface area contributed by atoms with Crippen LogP contribution in [0.5, 0.6) is 0 Å². The van der Waals surface area contributed by atoms with Gasteiger partial charge < -0.3 is 10.2 Å². The molecule has 0 aromatic heterocycles. The highest BCUT2D eigenvalue weighted by Gasteiger charge is 2.19. The number of hydrogen-bond acceptors (Lipinski definition) is 4. The Bertz CT molecular complexity index is 353. The first-order valence-electron chi connectivity index (χ1n) is 5.51. The molecule has 1 aromatic carbocycles. The van der Waals surface area contributed by atoms with Crippen LogP contribution in [0.25, 0.3) is 0 Å². The summed E-state index contributed by atoms with van der Waals surface area (Å²) in [6.07, 6.45) is 0. The molecule has 2 rings (SSSR count). The molecule has 4 heteroatoms. The largest absolute Gasteiger partial charge is 0.364 e. The van der Waals surface area contributed by atoms with Gasteiger partial charge in [0, 0.05) is 19.1 Å². The van der Waals surface area contributed by atoms with E-state index in [1.54, 1.807) is 17.2 Å². The summed E-state index contributed by atoms with van der Waals surface area (Å²) in [5.74, 6) is -0.283. The number of nitrogens with one attached hydrogen (secondary N) is 1. The number of carbonyl (C=O) groups is 1. The van der Waals surface area contributed by atoms with Crippen molar-refractivity contribution in [2.45, 2.75) is 13.0 Å². The van der Waals surface area contributed by atoms with Crippen molar-refractivity contribution in [3.8, 4) is 0 Å². The van der Waals surface area contributed by atoms with Crippen molar-refractivity contribution >= 4 is 5.97 Å². The lowest BCUT2D eigenvalue weighted by Crippen LogP contribution is -2.49. The Hall–Kier alpha value is -1.39. The molecule has 86 valence electrons. The molecule has 1 heterocycles. The van der Waals surface area contributed by atoms with Crippen molar-refractivity contribution in [1.82, 2.24) is 10.4 Å². The lowest BCUT2D eigenvalue weighted by molar-refractivity contribution is -0.122. The van der Waals surface area contributed by atoms with E-state index in [1.807, 2.05) is 18.2 Å². The van der Waals surface area contributed by atoms with Crippen molar-refractivity contribution in [2.24, 2.45) is 0 Å². The fourth-order valence-electron chi connectivity index (χ4n) is 1.72. The molecule has 0 saturated carbocycles. The summed E-state index contributed by atoms with van der Waals surface area (Å²) >= 11 is 0. The molecule has 1 saturated heterocycles. The number of benzene rings is 1. The second-order valence-corrected chi connectivity index (χ2v) is 3.99. The third kappa shape index (κ3) is 2.81. The van der Waals surface area contributed by atoms with Crippen LogP contribution in [0.15, 0.2) is 30.3 Å². The van der Waals surface area contributed by atoms with E-state index < -0.39 is 0 Å². The second kappa shape index (κ2) is 5.09. The standard InChI is InChI=1S/C12H16N2O2/c1-10-9-14(8-7-13-10)16-12(15)11-5-3-2-4-6-11/h2-6,10,13H,7-9H2,1H3/t10-/m0/s1. The van der Waals surface area contributed by atoms with Gasteiger partial charge in [0.1, 0.15) is 0 Å². The normalized spacial score (nSPS) is 21.7. The molecule has 0 aliphatic carbocycles. The molecule has 0 bridgehead atoms. The minimum absolute atomic E-state index is 0.283. The topological polar surface area (TPSA) is 41.6 Å². The van der Waals surface area contributed by atoms with E-state index in [1.165, 1.54) is 0 Å². The summed E-state index contributed by atoms with van der Waals surface area (Å²) < 4.78 is 0. The Kier molecular flexibility index (Phi) is 3.54. The van der Waals surface area contributed by atoms with Crippen molar-refractivity contribution in [2.75, 3.05) is 19.6 Å². The molecule has 0 spiro atoms. The van der Waals surface area contributed by atoms with Crippen LogP contribution in [0.3, 0.4) is 0 Å². The van der Waals surface area contributed by atoms with E-state index in [9.17, 15) is 4.79 Å². The predicted octanol–water partition coefficient (Wildman–Crippen LogP) is 1.05. The zero-order valence-electron chi connectivity index (χ0n) is 9.35. The summed E-state index contributed by atoms with van der Waals surface area (Å²) in [6, 6.07) is 9.41. The van der Waals surface area contributed by atoms with Crippen LogP contribution < -0.4 is 5.32 Å². The van der Waals surface area contributed by atoms with Crippen molar-refractivity contribution < 1.29 is 9.63 Å². The minimum Gasteiger partial charge on any atom is -0.364 e.